The molecule has 2 N–H and O–H groups in total. The van der Waals surface area contributed by atoms with Crippen LogP contribution in [0.4, 0.5) is 0 Å². The SMILES string of the molecule is C.C.C.CC1=CCC(C)CC1.CC1=CCC(C)CC1.CC1C=CC(C)CC1.CC1CCC(C)CC1.CC1CCC(C)CC1.CC1CCC(C)CC1.CC1CCC(C)CC1.CC1CCC(C)CC1.O.[HH]. The summed E-state index contributed by atoms with van der Waals surface area (Å²) >= 11 is 0. The maximum absolute atomic E-state index is 2.37. The molecular formula is C67H138O. The molecule has 68 heavy (non-hydrogen) atoms. The highest BCUT2D eigenvalue weighted by Gasteiger charge is 2.16. The zero-order valence-electron chi connectivity index (χ0n) is 47.7. The fourth-order valence-electron chi connectivity index (χ4n) is 10.4. The molecule has 0 aromatic rings. The first kappa shape index (κ1) is 73.7. The van der Waals surface area contributed by atoms with Gasteiger partial charge in [-0.05, 0) is 148 Å². The topological polar surface area (TPSA) is 31.5 Å². The second kappa shape index (κ2) is 44.8. The highest BCUT2D eigenvalue weighted by atomic mass is 16.0. The van der Waals surface area contributed by atoms with Gasteiger partial charge in [0.2, 0.25) is 0 Å². The van der Waals surface area contributed by atoms with Crippen LogP contribution in [0.5, 0.6) is 0 Å². The van der Waals surface area contributed by atoms with Crippen LogP contribution < -0.4 is 0 Å². The summed E-state index contributed by atoms with van der Waals surface area (Å²) in [6.07, 6.45) is 49.7. The van der Waals surface area contributed by atoms with Crippen LogP contribution >= 0.6 is 0 Å². The molecule has 4 atom stereocenters. The quantitative estimate of drug-likeness (QED) is 0.217. The summed E-state index contributed by atoms with van der Waals surface area (Å²) in [6, 6.07) is 0. The van der Waals surface area contributed by atoms with E-state index in [2.05, 4.69) is 135 Å². The second-order valence-corrected chi connectivity index (χ2v) is 25.6. The summed E-state index contributed by atoms with van der Waals surface area (Å²) in [7, 11) is 0. The molecule has 0 heterocycles. The van der Waals surface area contributed by atoms with Crippen LogP contribution in [0.15, 0.2) is 35.5 Å². The zero-order chi connectivity index (χ0) is 47.9. The average Bonchev–Trinajstić information content (AvgIpc) is 3.28. The van der Waals surface area contributed by atoms with E-state index in [-0.39, 0.29) is 29.2 Å². The third-order valence-electron chi connectivity index (χ3n) is 17.2. The zero-order valence-corrected chi connectivity index (χ0v) is 47.7. The standard InChI is InChI=1S/5C8H16.3C8H14.3CH4.H2O.H2/c8*1-7-3-5-8(2)6-4-7;;;;;/h5*7-8H,3-6H2,1-2H3;2*3,8H,4-6H2,1-2H3;3,5,7-8H,4,6H2,1-2H3;3*1H4;1H2;1H. The lowest BCUT2D eigenvalue weighted by atomic mass is 9.84. The van der Waals surface area contributed by atoms with Gasteiger partial charge in [-0.3, -0.25) is 0 Å². The number of hydrogen-bond acceptors (Lipinski definition) is 0. The smallest absolute Gasteiger partial charge is 0 e. The third kappa shape index (κ3) is 42.8. The van der Waals surface area contributed by atoms with E-state index in [0.717, 1.165) is 82.9 Å². The summed E-state index contributed by atoms with van der Waals surface area (Å²) in [6.45, 7) is 37.3. The maximum atomic E-state index is 2.37. The van der Waals surface area contributed by atoms with Gasteiger partial charge < -0.3 is 5.48 Å². The molecule has 0 amide bonds. The molecule has 1 nitrogen and oxygen atoms in total. The largest absolute Gasteiger partial charge is 0.412 e. The van der Waals surface area contributed by atoms with Crippen LogP contribution in [0.1, 0.15) is 314 Å². The predicted octanol–water partition coefficient (Wildman–Crippen LogP) is 23.6. The Morgan fingerprint density at radius 2 is 0.426 bits per heavy atom. The Morgan fingerprint density at radius 1 is 0.265 bits per heavy atom. The van der Waals surface area contributed by atoms with E-state index >= 15 is 0 Å². The Morgan fingerprint density at radius 3 is 0.529 bits per heavy atom. The van der Waals surface area contributed by atoms with Crippen LogP contribution in [0.3, 0.4) is 0 Å². The Labute approximate surface area is 436 Å². The molecule has 8 aliphatic carbocycles. The normalized spacial score (nSPS) is 34.8. The highest BCUT2D eigenvalue weighted by molar-refractivity contribution is 5.02. The van der Waals surface area contributed by atoms with Crippen LogP contribution in [-0.2, 0) is 0 Å². The van der Waals surface area contributed by atoms with E-state index in [9.17, 15) is 0 Å². The maximum Gasteiger partial charge on any atom is 0 e. The predicted molar refractivity (Wildman–Crippen MR) is 320 cm³/mol. The lowest BCUT2D eigenvalue weighted by Gasteiger charge is -2.22. The van der Waals surface area contributed by atoms with Gasteiger partial charge in [0.15, 0.2) is 0 Å². The van der Waals surface area contributed by atoms with Crippen molar-refractivity contribution in [3.63, 3.8) is 0 Å². The molecule has 8 aliphatic rings. The minimum Gasteiger partial charge on any atom is -0.412 e. The summed E-state index contributed by atoms with van der Waals surface area (Å²) < 4.78 is 0. The van der Waals surface area contributed by atoms with Gasteiger partial charge in [0, 0.05) is 1.43 Å². The van der Waals surface area contributed by atoms with Crippen molar-refractivity contribution in [3.05, 3.63) is 35.5 Å². The van der Waals surface area contributed by atoms with E-state index in [4.69, 9.17) is 0 Å². The van der Waals surface area contributed by atoms with Crippen LogP contribution in [0.2, 0.25) is 0 Å². The van der Waals surface area contributed by atoms with Gasteiger partial charge in [0.25, 0.3) is 0 Å². The Balaban J connectivity index is -0.000000224. The van der Waals surface area contributed by atoms with E-state index in [1.807, 2.05) is 0 Å². The van der Waals surface area contributed by atoms with Crippen LogP contribution in [0.25, 0.3) is 0 Å². The van der Waals surface area contributed by atoms with Gasteiger partial charge in [0.1, 0.15) is 0 Å². The van der Waals surface area contributed by atoms with Gasteiger partial charge in [-0.2, -0.15) is 0 Å². The lowest BCUT2D eigenvalue weighted by Crippen LogP contribution is -2.08. The van der Waals surface area contributed by atoms with E-state index in [1.165, 1.54) is 180 Å². The first-order valence-corrected chi connectivity index (χ1v) is 29.3. The Hall–Kier alpha value is -0.820. The van der Waals surface area contributed by atoms with Crippen molar-refractivity contribution in [2.45, 2.75) is 313 Å². The van der Waals surface area contributed by atoms with Crippen molar-refractivity contribution < 1.29 is 6.90 Å². The van der Waals surface area contributed by atoms with Crippen molar-refractivity contribution in [1.82, 2.24) is 0 Å². The first-order chi connectivity index (χ1) is 30.3. The van der Waals surface area contributed by atoms with Gasteiger partial charge in [0.05, 0.1) is 0 Å². The number of rotatable bonds is 0. The summed E-state index contributed by atoms with van der Waals surface area (Å²) in [4.78, 5) is 0. The highest BCUT2D eigenvalue weighted by Crippen LogP contribution is 2.31. The van der Waals surface area contributed by atoms with Crippen molar-refractivity contribution in [2.75, 3.05) is 0 Å². The molecule has 4 unspecified atom stereocenters. The van der Waals surface area contributed by atoms with E-state index in [0.29, 0.717) is 0 Å². The third-order valence-corrected chi connectivity index (χ3v) is 17.2. The summed E-state index contributed by atoms with van der Waals surface area (Å²) in [5, 5.41) is 0. The Kier molecular flexibility index (Phi) is 48.6. The molecule has 5 fully saturated rings. The molecule has 0 radical (unpaired) electrons. The first-order valence-electron chi connectivity index (χ1n) is 29.3. The molecule has 0 aromatic heterocycles. The lowest BCUT2D eigenvalue weighted by molar-refractivity contribution is 0.308. The molecule has 0 saturated heterocycles. The van der Waals surface area contributed by atoms with Gasteiger partial charge in [-0.15, -0.1) is 0 Å². The van der Waals surface area contributed by atoms with Crippen molar-refractivity contribution >= 4 is 0 Å². The molecular weight excluding hydrogens is 821 g/mol. The van der Waals surface area contributed by atoms with Crippen LogP contribution in [-0.4, -0.2) is 5.48 Å². The second-order valence-electron chi connectivity index (χ2n) is 25.6. The monoisotopic (exact) mass is 959 g/mol. The molecule has 1 heteroatoms. The van der Waals surface area contributed by atoms with Crippen molar-refractivity contribution in [1.29, 1.82) is 0 Å². The summed E-state index contributed by atoms with van der Waals surface area (Å²) in [5.41, 5.74) is 3.17. The molecule has 0 spiro atoms. The summed E-state index contributed by atoms with van der Waals surface area (Å²) in [5.74, 6) is 13.8. The number of hydrogen-bond donors (Lipinski definition) is 0. The number of allylic oxidation sites excluding steroid dienone is 6. The average molecular weight is 960 g/mol. The van der Waals surface area contributed by atoms with Gasteiger partial charge in [-0.1, -0.05) is 283 Å². The fraction of sp³-hybridized carbons (Fsp3) is 0.910. The Bertz CT molecular complexity index is 937. The molecule has 0 aliphatic heterocycles. The minimum absolute atomic E-state index is 0. The molecule has 0 aromatic carbocycles. The molecule has 5 saturated carbocycles. The van der Waals surface area contributed by atoms with Gasteiger partial charge in [-0.25, -0.2) is 0 Å². The fourth-order valence-corrected chi connectivity index (χ4v) is 10.4. The minimum atomic E-state index is 0. The molecule has 8 rings (SSSR count). The van der Waals surface area contributed by atoms with Crippen molar-refractivity contribution in [3.8, 4) is 0 Å². The van der Waals surface area contributed by atoms with E-state index < -0.39 is 0 Å². The molecule has 412 valence electrons. The van der Waals surface area contributed by atoms with Gasteiger partial charge >= 0.3 is 0 Å². The van der Waals surface area contributed by atoms with Crippen molar-refractivity contribution in [2.24, 2.45) is 82.9 Å². The molecule has 0 bridgehead atoms. The van der Waals surface area contributed by atoms with Crippen LogP contribution in [0, 0.1) is 82.9 Å². The van der Waals surface area contributed by atoms with E-state index in [1.54, 1.807) is 11.1 Å².